The quantitative estimate of drug-likeness (QED) is 0.461. The summed E-state index contributed by atoms with van der Waals surface area (Å²) in [4.78, 5) is 22.1. The minimum atomic E-state index is -0.318. The monoisotopic (exact) mass is 430 g/mol. The van der Waals surface area contributed by atoms with Crippen LogP contribution in [0.4, 0.5) is 5.82 Å². The number of benzene rings is 2. The summed E-state index contributed by atoms with van der Waals surface area (Å²) in [6, 6.07) is 16.6. The average molecular weight is 431 g/mol. The Morgan fingerprint density at radius 2 is 1.81 bits per heavy atom. The SMILES string of the molecule is Cc1nn(C(C)c2cc3cccc(Cl)c3c(=O)n2-c2ccccc2)c2ncnc(N)c12. The number of nitrogens with two attached hydrogens (primary N) is 1. The Bertz CT molecular complexity index is 1510. The van der Waals surface area contributed by atoms with Gasteiger partial charge < -0.3 is 5.73 Å². The van der Waals surface area contributed by atoms with Gasteiger partial charge in [-0.1, -0.05) is 41.9 Å². The molecule has 0 saturated heterocycles. The van der Waals surface area contributed by atoms with Gasteiger partial charge in [-0.3, -0.25) is 9.36 Å². The van der Waals surface area contributed by atoms with E-state index in [0.29, 0.717) is 27.3 Å². The summed E-state index contributed by atoms with van der Waals surface area (Å²) in [5.41, 5.74) is 8.75. The van der Waals surface area contributed by atoms with Gasteiger partial charge in [-0.15, -0.1) is 0 Å². The number of nitrogen functional groups attached to an aromatic ring is 1. The molecule has 0 aliphatic heterocycles. The molecule has 1 unspecified atom stereocenters. The highest BCUT2D eigenvalue weighted by molar-refractivity contribution is 6.35. The van der Waals surface area contributed by atoms with E-state index >= 15 is 0 Å². The second-order valence-electron chi connectivity index (χ2n) is 7.41. The lowest BCUT2D eigenvalue weighted by Gasteiger charge is -2.21. The summed E-state index contributed by atoms with van der Waals surface area (Å²) in [5, 5.41) is 7.08. The molecule has 1 atom stereocenters. The zero-order valence-electron chi connectivity index (χ0n) is 17.0. The molecule has 5 rings (SSSR count). The molecule has 0 spiro atoms. The van der Waals surface area contributed by atoms with Crippen LogP contribution in [0.15, 0.2) is 65.7 Å². The van der Waals surface area contributed by atoms with Crippen LogP contribution in [0.2, 0.25) is 5.02 Å². The van der Waals surface area contributed by atoms with Crippen molar-refractivity contribution in [2.75, 3.05) is 5.73 Å². The second kappa shape index (κ2) is 7.21. The maximum atomic E-state index is 13.6. The fourth-order valence-corrected chi connectivity index (χ4v) is 4.32. The van der Waals surface area contributed by atoms with Gasteiger partial charge in [-0.2, -0.15) is 5.10 Å². The van der Waals surface area contributed by atoms with E-state index in [0.717, 1.165) is 22.5 Å². The summed E-state index contributed by atoms with van der Waals surface area (Å²) in [6.07, 6.45) is 1.42. The Morgan fingerprint density at radius 3 is 2.58 bits per heavy atom. The number of nitrogens with zero attached hydrogens (tertiary/aromatic N) is 5. The van der Waals surface area contributed by atoms with Gasteiger partial charge in [0, 0.05) is 5.69 Å². The van der Waals surface area contributed by atoms with E-state index in [9.17, 15) is 4.79 Å². The van der Waals surface area contributed by atoms with Gasteiger partial charge in [0.2, 0.25) is 0 Å². The zero-order valence-corrected chi connectivity index (χ0v) is 17.7. The van der Waals surface area contributed by atoms with E-state index in [1.54, 1.807) is 15.3 Å². The molecule has 2 aromatic carbocycles. The van der Waals surface area contributed by atoms with Crippen LogP contribution < -0.4 is 11.3 Å². The molecule has 5 aromatic rings. The average Bonchev–Trinajstić information content (AvgIpc) is 3.11. The Labute approximate surface area is 182 Å². The van der Waals surface area contributed by atoms with E-state index in [4.69, 9.17) is 17.3 Å². The molecular formula is C23H19ClN6O. The van der Waals surface area contributed by atoms with Gasteiger partial charge in [0.15, 0.2) is 5.65 Å². The summed E-state index contributed by atoms with van der Waals surface area (Å²) < 4.78 is 3.47. The maximum Gasteiger partial charge on any atom is 0.264 e. The van der Waals surface area contributed by atoms with Crippen LogP contribution >= 0.6 is 11.6 Å². The fraction of sp³-hybridized carbons (Fsp3) is 0.130. The number of pyridine rings is 1. The third-order valence-corrected chi connectivity index (χ3v) is 5.84. The first kappa shape index (κ1) is 19.3. The molecule has 0 aliphatic rings. The largest absolute Gasteiger partial charge is 0.383 e. The highest BCUT2D eigenvalue weighted by Gasteiger charge is 2.23. The van der Waals surface area contributed by atoms with E-state index in [-0.39, 0.29) is 11.6 Å². The summed E-state index contributed by atoms with van der Waals surface area (Å²) in [7, 11) is 0. The van der Waals surface area contributed by atoms with Crippen molar-refractivity contribution in [3.05, 3.63) is 87.7 Å². The minimum absolute atomic E-state index is 0.182. The summed E-state index contributed by atoms with van der Waals surface area (Å²) in [6.45, 7) is 3.85. The highest BCUT2D eigenvalue weighted by atomic mass is 35.5. The molecule has 0 amide bonds. The van der Waals surface area contributed by atoms with Crippen molar-refractivity contribution in [3.8, 4) is 5.69 Å². The number of halogens is 1. The van der Waals surface area contributed by atoms with E-state index in [1.807, 2.05) is 62.4 Å². The summed E-state index contributed by atoms with van der Waals surface area (Å²) >= 11 is 6.41. The van der Waals surface area contributed by atoms with Crippen LogP contribution in [0.3, 0.4) is 0 Å². The van der Waals surface area contributed by atoms with Gasteiger partial charge in [0.25, 0.3) is 5.56 Å². The first-order chi connectivity index (χ1) is 15.0. The highest BCUT2D eigenvalue weighted by Crippen LogP contribution is 2.30. The summed E-state index contributed by atoms with van der Waals surface area (Å²) in [5.74, 6) is 0.381. The first-order valence-electron chi connectivity index (χ1n) is 9.82. The van der Waals surface area contributed by atoms with Gasteiger partial charge >= 0.3 is 0 Å². The molecule has 0 aliphatic carbocycles. The number of aryl methyl sites for hydroxylation is 1. The molecule has 3 heterocycles. The normalized spacial score (nSPS) is 12.5. The van der Waals surface area contributed by atoms with Crippen LogP contribution in [0.1, 0.15) is 24.4 Å². The predicted octanol–water partition coefficient (Wildman–Crippen LogP) is 4.28. The fourth-order valence-electron chi connectivity index (χ4n) is 4.06. The lowest BCUT2D eigenvalue weighted by atomic mass is 10.1. The third kappa shape index (κ3) is 2.97. The standard InChI is InChI=1S/C23H19ClN6O/c1-13-19-21(25)26-12-27-22(19)30(28-13)14(2)18-11-15-7-6-10-17(24)20(15)23(31)29(18)16-8-4-3-5-9-16/h3-12,14H,1-2H3,(H2,25,26,27). The predicted molar refractivity (Wildman–Crippen MR) is 123 cm³/mol. The molecule has 31 heavy (non-hydrogen) atoms. The molecule has 154 valence electrons. The number of aromatic nitrogens is 5. The molecule has 2 N–H and O–H groups in total. The second-order valence-corrected chi connectivity index (χ2v) is 7.82. The zero-order chi connectivity index (χ0) is 21.7. The minimum Gasteiger partial charge on any atom is -0.383 e. The van der Waals surface area contributed by atoms with Crippen LogP contribution in [0.5, 0.6) is 0 Å². The van der Waals surface area contributed by atoms with Crippen molar-refractivity contribution in [1.29, 1.82) is 0 Å². The van der Waals surface area contributed by atoms with Crippen molar-refractivity contribution >= 4 is 39.2 Å². The van der Waals surface area contributed by atoms with E-state index < -0.39 is 0 Å². The molecule has 0 saturated carbocycles. The van der Waals surface area contributed by atoms with Gasteiger partial charge in [0.05, 0.1) is 33.2 Å². The topological polar surface area (TPSA) is 91.6 Å². The van der Waals surface area contributed by atoms with Gasteiger partial charge in [0.1, 0.15) is 12.1 Å². The Balaban J connectivity index is 1.85. The smallest absolute Gasteiger partial charge is 0.264 e. The number of anilines is 1. The van der Waals surface area contributed by atoms with Crippen LogP contribution in [-0.4, -0.2) is 24.3 Å². The van der Waals surface area contributed by atoms with E-state index in [1.165, 1.54) is 6.33 Å². The number of hydrogen-bond donors (Lipinski definition) is 1. The molecule has 0 fully saturated rings. The number of rotatable bonds is 3. The molecule has 7 nitrogen and oxygen atoms in total. The number of hydrogen-bond acceptors (Lipinski definition) is 5. The Kier molecular flexibility index (Phi) is 4.48. The maximum absolute atomic E-state index is 13.6. The van der Waals surface area contributed by atoms with Crippen LogP contribution in [-0.2, 0) is 0 Å². The molecule has 3 aromatic heterocycles. The third-order valence-electron chi connectivity index (χ3n) is 5.53. The molecule has 0 bridgehead atoms. The van der Waals surface area contributed by atoms with Crippen molar-refractivity contribution in [2.24, 2.45) is 0 Å². The van der Waals surface area contributed by atoms with Crippen molar-refractivity contribution < 1.29 is 0 Å². The molecular weight excluding hydrogens is 412 g/mol. The van der Waals surface area contributed by atoms with Gasteiger partial charge in [-0.05, 0) is 43.5 Å². The number of fused-ring (bicyclic) bond motifs is 2. The van der Waals surface area contributed by atoms with Crippen LogP contribution in [0, 0.1) is 6.92 Å². The first-order valence-corrected chi connectivity index (χ1v) is 10.2. The van der Waals surface area contributed by atoms with Crippen molar-refractivity contribution in [2.45, 2.75) is 19.9 Å². The van der Waals surface area contributed by atoms with Crippen LogP contribution in [0.25, 0.3) is 27.5 Å². The Morgan fingerprint density at radius 1 is 1.03 bits per heavy atom. The van der Waals surface area contributed by atoms with Gasteiger partial charge in [-0.25, -0.2) is 14.6 Å². The van der Waals surface area contributed by atoms with Crippen molar-refractivity contribution in [1.82, 2.24) is 24.3 Å². The van der Waals surface area contributed by atoms with Crippen molar-refractivity contribution in [3.63, 3.8) is 0 Å². The lowest BCUT2D eigenvalue weighted by Crippen LogP contribution is -2.26. The van der Waals surface area contributed by atoms with E-state index in [2.05, 4.69) is 15.1 Å². The Hall–Kier alpha value is -3.71. The number of para-hydroxylation sites is 1. The molecule has 0 radical (unpaired) electrons. The molecule has 8 heteroatoms. The lowest BCUT2D eigenvalue weighted by molar-refractivity contribution is 0.548.